The number of aliphatic hydroxyl groups excluding tert-OH is 1. The maximum atomic E-state index is 12.0. The van der Waals surface area contributed by atoms with Crippen LogP contribution in [0.15, 0.2) is 28.9 Å². The number of benzene rings is 1. The number of nitrogens with one attached hydrogen (secondary N) is 1. The summed E-state index contributed by atoms with van der Waals surface area (Å²) in [5.74, 6) is -1.30. The highest BCUT2D eigenvalue weighted by Gasteiger charge is 2.17. The molecule has 0 saturated carbocycles. The van der Waals surface area contributed by atoms with Crippen LogP contribution < -0.4 is 11.1 Å². The van der Waals surface area contributed by atoms with Gasteiger partial charge in [0.05, 0.1) is 12.1 Å². The van der Waals surface area contributed by atoms with Gasteiger partial charge >= 0.3 is 0 Å². The van der Waals surface area contributed by atoms with E-state index in [1.165, 1.54) is 6.26 Å². The monoisotopic (exact) mass is 276 g/mol. The van der Waals surface area contributed by atoms with Gasteiger partial charge in [0.25, 0.3) is 5.91 Å². The van der Waals surface area contributed by atoms with Gasteiger partial charge in [0.15, 0.2) is 0 Å². The molecule has 1 heterocycles. The van der Waals surface area contributed by atoms with Crippen molar-refractivity contribution in [2.24, 2.45) is 5.73 Å². The van der Waals surface area contributed by atoms with Gasteiger partial charge in [-0.1, -0.05) is 13.0 Å². The van der Waals surface area contributed by atoms with Gasteiger partial charge in [-0.15, -0.1) is 0 Å². The van der Waals surface area contributed by atoms with E-state index in [1.54, 1.807) is 0 Å². The van der Waals surface area contributed by atoms with E-state index in [0.29, 0.717) is 16.5 Å². The lowest BCUT2D eigenvalue weighted by molar-refractivity contribution is -0.125. The van der Waals surface area contributed by atoms with Gasteiger partial charge in [-0.2, -0.15) is 0 Å². The third kappa shape index (κ3) is 2.80. The predicted octanol–water partition coefficient (Wildman–Crippen LogP) is 0.571. The van der Waals surface area contributed by atoms with Crippen LogP contribution in [0.2, 0.25) is 0 Å². The van der Waals surface area contributed by atoms with Crippen molar-refractivity contribution >= 4 is 22.8 Å². The molecule has 1 aromatic heterocycles. The highest BCUT2D eigenvalue weighted by molar-refractivity contribution is 6.06. The van der Waals surface area contributed by atoms with Crippen LogP contribution in [0.5, 0.6) is 0 Å². The van der Waals surface area contributed by atoms with Gasteiger partial charge in [-0.25, -0.2) is 0 Å². The van der Waals surface area contributed by atoms with E-state index < -0.39 is 17.9 Å². The summed E-state index contributed by atoms with van der Waals surface area (Å²) < 4.78 is 5.31. The van der Waals surface area contributed by atoms with Crippen molar-refractivity contribution in [3.05, 3.63) is 35.6 Å². The van der Waals surface area contributed by atoms with E-state index in [2.05, 4.69) is 5.32 Å². The number of aryl methyl sites for hydroxylation is 1. The lowest BCUT2D eigenvalue weighted by atomic mass is 10.1. The van der Waals surface area contributed by atoms with E-state index in [4.69, 9.17) is 10.2 Å². The number of hydrogen-bond acceptors (Lipinski definition) is 4. The zero-order chi connectivity index (χ0) is 14.7. The van der Waals surface area contributed by atoms with Crippen molar-refractivity contribution in [1.29, 1.82) is 0 Å². The molecule has 0 aliphatic heterocycles. The molecule has 20 heavy (non-hydrogen) atoms. The van der Waals surface area contributed by atoms with E-state index in [9.17, 15) is 14.7 Å². The molecule has 1 atom stereocenters. The number of hydrogen-bond donors (Lipinski definition) is 3. The van der Waals surface area contributed by atoms with Crippen molar-refractivity contribution in [2.75, 3.05) is 6.54 Å². The van der Waals surface area contributed by atoms with Crippen molar-refractivity contribution in [3.8, 4) is 0 Å². The molecular weight excluding hydrogens is 260 g/mol. The Bertz CT molecular complexity index is 648. The maximum absolute atomic E-state index is 12.0. The second-order valence-electron chi connectivity index (χ2n) is 4.46. The summed E-state index contributed by atoms with van der Waals surface area (Å²) in [4.78, 5) is 22.7. The predicted molar refractivity (Wildman–Crippen MR) is 73.1 cm³/mol. The Morgan fingerprint density at radius 1 is 1.45 bits per heavy atom. The minimum Gasteiger partial charge on any atom is -0.463 e. The number of fused-ring (bicyclic) bond motifs is 1. The smallest absolute Gasteiger partial charge is 0.255 e. The molecule has 0 radical (unpaired) electrons. The average Bonchev–Trinajstić information content (AvgIpc) is 2.86. The minimum absolute atomic E-state index is 0.228. The normalized spacial score (nSPS) is 12.3. The van der Waals surface area contributed by atoms with Crippen LogP contribution in [-0.4, -0.2) is 29.6 Å². The number of aliphatic hydroxyl groups is 1. The fourth-order valence-electron chi connectivity index (χ4n) is 1.86. The first kappa shape index (κ1) is 14.1. The highest BCUT2D eigenvalue weighted by atomic mass is 16.3. The van der Waals surface area contributed by atoms with Crippen molar-refractivity contribution in [1.82, 2.24) is 5.32 Å². The van der Waals surface area contributed by atoms with Crippen LogP contribution in [0.4, 0.5) is 0 Å². The third-order valence-electron chi connectivity index (χ3n) is 3.08. The summed E-state index contributed by atoms with van der Waals surface area (Å²) in [6.45, 7) is 1.79. The van der Waals surface area contributed by atoms with E-state index in [1.807, 2.05) is 25.1 Å². The third-order valence-corrected chi connectivity index (χ3v) is 3.08. The SMILES string of the molecule is CCc1ccc2occ(C(=O)NC[C@@H](O)C(N)=O)c2c1. The summed E-state index contributed by atoms with van der Waals surface area (Å²) in [6.07, 6.45) is 0.807. The first-order valence-electron chi connectivity index (χ1n) is 6.28. The van der Waals surface area contributed by atoms with Gasteiger partial charge in [0, 0.05) is 5.39 Å². The molecule has 2 aromatic rings. The first-order chi connectivity index (χ1) is 9.52. The fourth-order valence-corrected chi connectivity index (χ4v) is 1.86. The summed E-state index contributed by atoms with van der Waals surface area (Å²) in [7, 11) is 0. The number of rotatable bonds is 5. The Morgan fingerprint density at radius 3 is 2.85 bits per heavy atom. The van der Waals surface area contributed by atoms with Gasteiger partial charge in [0.1, 0.15) is 18.0 Å². The molecule has 0 saturated heterocycles. The van der Waals surface area contributed by atoms with Crippen LogP contribution >= 0.6 is 0 Å². The topological polar surface area (TPSA) is 106 Å². The number of furan rings is 1. The minimum atomic E-state index is -1.40. The molecule has 0 unspecified atom stereocenters. The molecule has 0 spiro atoms. The van der Waals surface area contributed by atoms with Crippen molar-refractivity contribution < 1.29 is 19.1 Å². The second kappa shape index (κ2) is 5.75. The molecule has 0 aliphatic rings. The fraction of sp³-hybridized carbons (Fsp3) is 0.286. The van der Waals surface area contributed by atoms with Gasteiger partial charge < -0.3 is 20.6 Å². The molecule has 0 fully saturated rings. The Morgan fingerprint density at radius 2 is 2.20 bits per heavy atom. The molecule has 1 aromatic carbocycles. The molecule has 0 bridgehead atoms. The van der Waals surface area contributed by atoms with Gasteiger partial charge in [-0.3, -0.25) is 9.59 Å². The standard InChI is InChI=1S/C14H16N2O4/c1-2-8-3-4-12-9(5-8)10(7-20-12)14(19)16-6-11(17)13(15)18/h3-5,7,11,17H,2,6H2,1H3,(H2,15,18)(H,16,19)/t11-/m1/s1. The molecule has 106 valence electrons. The number of nitrogens with two attached hydrogens (primary N) is 1. The van der Waals surface area contributed by atoms with Crippen LogP contribution in [0.25, 0.3) is 11.0 Å². The lowest BCUT2D eigenvalue weighted by Crippen LogP contribution is -2.39. The molecule has 2 rings (SSSR count). The van der Waals surface area contributed by atoms with E-state index in [0.717, 1.165) is 12.0 Å². The number of carbonyl (C=O) groups is 2. The quantitative estimate of drug-likeness (QED) is 0.742. The Kier molecular flexibility index (Phi) is 4.05. The van der Waals surface area contributed by atoms with Crippen molar-refractivity contribution in [3.63, 3.8) is 0 Å². The molecule has 6 heteroatoms. The summed E-state index contributed by atoms with van der Waals surface area (Å²) in [6, 6.07) is 5.63. The number of primary amides is 1. The highest BCUT2D eigenvalue weighted by Crippen LogP contribution is 2.22. The molecule has 6 nitrogen and oxygen atoms in total. The largest absolute Gasteiger partial charge is 0.463 e. The van der Waals surface area contributed by atoms with Crippen molar-refractivity contribution in [2.45, 2.75) is 19.4 Å². The number of amides is 2. The Hall–Kier alpha value is -2.34. The Balaban J connectivity index is 2.19. The lowest BCUT2D eigenvalue weighted by Gasteiger charge is -2.07. The second-order valence-corrected chi connectivity index (χ2v) is 4.46. The molecule has 4 N–H and O–H groups in total. The zero-order valence-corrected chi connectivity index (χ0v) is 11.1. The molecule has 2 amide bonds. The number of carbonyl (C=O) groups excluding carboxylic acids is 2. The first-order valence-corrected chi connectivity index (χ1v) is 6.28. The van der Waals surface area contributed by atoms with Crippen LogP contribution in [0.3, 0.4) is 0 Å². The van der Waals surface area contributed by atoms with Gasteiger partial charge in [0.2, 0.25) is 5.91 Å². The maximum Gasteiger partial charge on any atom is 0.255 e. The van der Waals surface area contributed by atoms with Crippen LogP contribution in [0.1, 0.15) is 22.8 Å². The average molecular weight is 276 g/mol. The molecule has 0 aliphatic carbocycles. The summed E-state index contributed by atoms with van der Waals surface area (Å²) in [5, 5.41) is 12.4. The Labute approximate surface area is 115 Å². The zero-order valence-electron chi connectivity index (χ0n) is 11.1. The summed E-state index contributed by atoms with van der Waals surface area (Å²) >= 11 is 0. The van der Waals surface area contributed by atoms with E-state index in [-0.39, 0.29) is 6.54 Å². The van der Waals surface area contributed by atoms with Crippen LogP contribution in [0, 0.1) is 0 Å². The van der Waals surface area contributed by atoms with Crippen LogP contribution in [-0.2, 0) is 11.2 Å². The summed E-state index contributed by atoms with van der Waals surface area (Å²) in [5.41, 5.74) is 6.98. The van der Waals surface area contributed by atoms with E-state index >= 15 is 0 Å². The van der Waals surface area contributed by atoms with Gasteiger partial charge in [-0.05, 0) is 24.1 Å². The molecular formula is C14H16N2O4.